The minimum atomic E-state index is 0.599. The highest BCUT2D eigenvalue weighted by Gasteiger charge is 2.21. The van der Waals surface area contributed by atoms with Crippen LogP contribution < -0.4 is 0 Å². The van der Waals surface area contributed by atoms with E-state index in [1.165, 1.54) is 5.56 Å². The maximum absolute atomic E-state index is 10.4. The fourth-order valence-electron chi connectivity index (χ4n) is 4.59. The van der Waals surface area contributed by atoms with Crippen molar-refractivity contribution in [1.29, 1.82) is 5.26 Å². The first-order valence-electron chi connectivity index (χ1n) is 10.6. The second-order valence-corrected chi connectivity index (χ2v) is 8.12. The van der Waals surface area contributed by atoms with Gasteiger partial charge in [0.25, 0.3) is 0 Å². The average molecular weight is 409 g/mol. The Morgan fingerprint density at radius 2 is 1.53 bits per heavy atom. The summed E-state index contributed by atoms with van der Waals surface area (Å²) in [5.41, 5.74) is 7.35. The molecule has 3 nitrogen and oxygen atoms in total. The van der Waals surface area contributed by atoms with E-state index in [2.05, 4.69) is 72.6 Å². The van der Waals surface area contributed by atoms with Gasteiger partial charge in [-0.15, -0.1) is 0 Å². The summed E-state index contributed by atoms with van der Waals surface area (Å²) in [7, 11) is 0. The van der Waals surface area contributed by atoms with Crippen LogP contribution in [-0.4, -0.2) is 9.97 Å². The van der Waals surface area contributed by atoms with Crippen molar-refractivity contribution in [3.63, 3.8) is 0 Å². The zero-order valence-corrected chi connectivity index (χ0v) is 17.6. The largest absolute Gasteiger partial charge is 0.360 e. The molecule has 3 heteroatoms. The number of para-hydroxylation sites is 1. The van der Waals surface area contributed by atoms with Crippen LogP contribution in [0.5, 0.6) is 0 Å². The standard InChI is InChI=1S/C29H19N3/c1-18-10-12-20(13-11-18)27-23-15-14-19-6-2-3-7-21(19)28(23)32-29(24(27)16-30)25-17-31-26-9-5-4-8-22(25)26/h2-15,17,31H,1H3. The Hall–Kier alpha value is -4.42. The molecule has 2 heterocycles. The minimum Gasteiger partial charge on any atom is -0.360 e. The molecule has 0 amide bonds. The molecule has 0 unspecified atom stereocenters. The Morgan fingerprint density at radius 1 is 0.781 bits per heavy atom. The molecular formula is C29H19N3. The maximum Gasteiger partial charge on any atom is 0.102 e. The van der Waals surface area contributed by atoms with E-state index in [4.69, 9.17) is 4.98 Å². The molecule has 150 valence electrons. The molecule has 0 fully saturated rings. The summed E-state index contributed by atoms with van der Waals surface area (Å²) >= 11 is 0. The number of fused-ring (bicyclic) bond motifs is 4. The van der Waals surface area contributed by atoms with Crippen LogP contribution in [0.4, 0.5) is 0 Å². The highest BCUT2D eigenvalue weighted by atomic mass is 14.7. The zero-order chi connectivity index (χ0) is 21.7. The Labute approximate surface area is 185 Å². The summed E-state index contributed by atoms with van der Waals surface area (Å²) in [6.45, 7) is 2.07. The van der Waals surface area contributed by atoms with E-state index in [9.17, 15) is 5.26 Å². The molecule has 32 heavy (non-hydrogen) atoms. The van der Waals surface area contributed by atoms with Gasteiger partial charge in [0.2, 0.25) is 0 Å². The Morgan fingerprint density at radius 3 is 2.34 bits per heavy atom. The van der Waals surface area contributed by atoms with Gasteiger partial charge in [-0.1, -0.05) is 84.4 Å². The summed E-state index contributed by atoms with van der Waals surface area (Å²) in [6.07, 6.45) is 1.96. The van der Waals surface area contributed by atoms with E-state index in [1.807, 2.05) is 36.5 Å². The lowest BCUT2D eigenvalue weighted by Gasteiger charge is -2.15. The van der Waals surface area contributed by atoms with Crippen LogP contribution in [0.15, 0.2) is 91.1 Å². The summed E-state index contributed by atoms with van der Waals surface area (Å²) in [4.78, 5) is 8.47. The third-order valence-electron chi connectivity index (χ3n) is 6.18. The fraction of sp³-hybridized carbons (Fsp3) is 0.0345. The lowest BCUT2D eigenvalue weighted by atomic mass is 9.91. The number of hydrogen-bond acceptors (Lipinski definition) is 2. The van der Waals surface area contributed by atoms with Crippen LogP contribution in [0.25, 0.3) is 55.0 Å². The molecule has 0 spiro atoms. The molecule has 6 aromatic rings. The second kappa shape index (κ2) is 7.08. The minimum absolute atomic E-state index is 0.599. The molecule has 2 aromatic heterocycles. The summed E-state index contributed by atoms with van der Waals surface area (Å²) < 4.78 is 0. The molecular weight excluding hydrogens is 390 g/mol. The Balaban J connectivity index is 1.81. The highest BCUT2D eigenvalue weighted by molar-refractivity contribution is 6.13. The number of nitrogens with zero attached hydrogens (tertiary/aromatic N) is 2. The van der Waals surface area contributed by atoms with Crippen molar-refractivity contribution in [2.45, 2.75) is 6.92 Å². The maximum atomic E-state index is 10.4. The number of pyridine rings is 1. The Kier molecular flexibility index (Phi) is 4.06. The third-order valence-corrected chi connectivity index (χ3v) is 6.18. The molecule has 0 aliphatic carbocycles. The summed E-state index contributed by atoms with van der Waals surface area (Å²) in [5.74, 6) is 0. The number of H-pyrrole nitrogens is 1. The van der Waals surface area contributed by atoms with Crippen molar-refractivity contribution in [2.75, 3.05) is 0 Å². The molecule has 0 saturated heterocycles. The molecule has 0 aliphatic rings. The number of aryl methyl sites for hydroxylation is 1. The van der Waals surface area contributed by atoms with Gasteiger partial charge < -0.3 is 4.98 Å². The van der Waals surface area contributed by atoms with Gasteiger partial charge in [-0.25, -0.2) is 4.98 Å². The number of aromatic nitrogens is 2. The number of nitrogens with one attached hydrogen (secondary N) is 1. The first-order chi connectivity index (χ1) is 15.7. The molecule has 0 atom stereocenters. The SMILES string of the molecule is Cc1ccc(-c2c(C#N)c(-c3c[nH]c4ccccc34)nc3c2ccc2ccccc23)cc1. The molecule has 6 rings (SSSR count). The van der Waals surface area contributed by atoms with Crippen LogP contribution in [0.3, 0.4) is 0 Å². The van der Waals surface area contributed by atoms with Gasteiger partial charge in [0.1, 0.15) is 6.07 Å². The van der Waals surface area contributed by atoms with Gasteiger partial charge in [0.15, 0.2) is 0 Å². The van der Waals surface area contributed by atoms with E-state index in [0.29, 0.717) is 11.3 Å². The number of aromatic amines is 1. The molecule has 0 aliphatic heterocycles. The van der Waals surface area contributed by atoms with Gasteiger partial charge in [-0.3, -0.25) is 0 Å². The monoisotopic (exact) mass is 409 g/mol. The van der Waals surface area contributed by atoms with E-state index < -0.39 is 0 Å². The van der Waals surface area contributed by atoms with E-state index in [0.717, 1.165) is 49.3 Å². The van der Waals surface area contributed by atoms with E-state index in [-0.39, 0.29) is 0 Å². The average Bonchev–Trinajstić information content (AvgIpc) is 3.27. The van der Waals surface area contributed by atoms with Crippen molar-refractivity contribution in [3.05, 3.63) is 102 Å². The van der Waals surface area contributed by atoms with Crippen LogP contribution >= 0.6 is 0 Å². The van der Waals surface area contributed by atoms with Gasteiger partial charge in [0, 0.05) is 39.0 Å². The van der Waals surface area contributed by atoms with Crippen molar-refractivity contribution in [2.24, 2.45) is 0 Å². The topological polar surface area (TPSA) is 52.5 Å². The zero-order valence-electron chi connectivity index (χ0n) is 17.6. The predicted molar refractivity (Wildman–Crippen MR) is 131 cm³/mol. The fourth-order valence-corrected chi connectivity index (χ4v) is 4.59. The third kappa shape index (κ3) is 2.71. The molecule has 4 aromatic carbocycles. The van der Waals surface area contributed by atoms with Crippen LogP contribution in [0.1, 0.15) is 11.1 Å². The van der Waals surface area contributed by atoms with E-state index in [1.54, 1.807) is 0 Å². The first-order valence-corrected chi connectivity index (χ1v) is 10.6. The smallest absolute Gasteiger partial charge is 0.102 e. The van der Waals surface area contributed by atoms with Gasteiger partial charge >= 0.3 is 0 Å². The normalized spacial score (nSPS) is 11.2. The number of nitriles is 1. The first kappa shape index (κ1) is 18.4. The summed E-state index contributed by atoms with van der Waals surface area (Å²) in [5, 5.41) is 14.6. The van der Waals surface area contributed by atoms with Gasteiger partial charge in [-0.2, -0.15) is 5.26 Å². The number of rotatable bonds is 2. The second-order valence-electron chi connectivity index (χ2n) is 8.12. The van der Waals surface area contributed by atoms with Gasteiger partial charge in [0.05, 0.1) is 16.8 Å². The Bertz CT molecular complexity index is 1680. The number of hydrogen-bond donors (Lipinski definition) is 1. The lowest BCUT2D eigenvalue weighted by molar-refractivity contribution is 1.37. The lowest BCUT2D eigenvalue weighted by Crippen LogP contribution is -1.97. The van der Waals surface area contributed by atoms with Crippen molar-refractivity contribution in [3.8, 4) is 28.5 Å². The van der Waals surface area contributed by atoms with Crippen molar-refractivity contribution >= 4 is 32.6 Å². The highest BCUT2D eigenvalue weighted by Crippen LogP contribution is 2.40. The number of benzene rings is 4. The predicted octanol–water partition coefficient (Wildman–Crippen LogP) is 7.38. The molecule has 0 bridgehead atoms. The molecule has 0 radical (unpaired) electrons. The van der Waals surface area contributed by atoms with Crippen LogP contribution in [-0.2, 0) is 0 Å². The summed E-state index contributed by atoms with van der Waals surface area (Å²) in [6, 6.07) is 31.5. The van der Waals surface area contributed by atoms with Crippen molar-refractivity contribution < 1.29 is 0 Å². The molecule has 0 saturated carbocycles. The van der Waals surface area contributed by atoms with Crippen molar-refractivity contribution in [1.82, 2.24) is 9.97 Å². The van der Waals surface area contributed by atoms with E-state index >= 15 is 0 Å². The quantitative estimate of drug-likeness (QED) is 0.303. The molecule has 1 N–H and O–H groups in total. The van der Waals surface area contributed by atoms with Gasteiger partial charge in [-0.05, 0) is 23.9 Å². The van der Waals surface area contributed by atoms with Crippen LogP contribution in [0, 0.1) is 18.3 Å². The van der Waals surface area contributed by atoms with Crippen LogP contribution in [0.2, 0.25) is 0 Å².